The molecule has 0 heterocycles. The summed E-state index contributed by atoms with van der Waals surface area (Å²) in [6, 6.07) is 5.06. The number of nitriles is 1. The number of nitrogens with zero attached hydrogens (tertiary/aromatic N) is 1. The van der Waals surface area contributed by atoms with Gasteiger partial charge in [-0.1, -0.05) is 34.8 Å². The molecule has 22 heavy (non-hydrogen) atoms. The van der Waals surface area contributed by atoms with Gasteiger partial charge in [0.15, 0.2) is 6.10 Å². The van der Waals surface area contributed by atoms with Crippen molar-refractivity contribution in [2.24, 2.45) is 0 Å². The lowest BCUT2D eigenvalue weighted by Gasteiger charge is -2.26. The lowest BCUT2D eigenvalue weighted by molar-refractivity contribution is -0.142. The molecule has 1 rings (SSSR count). The zero-order valence-electron chi connectivity index (χ0n) is 12.6. The molecular weight excluding hydrogens is 365 g/mol. The van der Waals surface area contributed by atoms with Crippen molar-refractivity contribution < 1.29 is 14.0 Å². The Morgan fingerprint density at radius 1 is 1.23 bits per heavy atom. The van der Waals surface area contributed by atoms with Gasteiger partial charge in [-0.3, -0.25) is 0 Å². The van der Waals surface area contributed by atoms with Crippen LogP contribution in [0, 0.1) is 11.3 Å². The highest BCUT2D eigenvalue weighted by Gasteiger charge is 2.36. The topological polar surface area (TPSA) is 59.3 Å². The molecule has 0 N–H and O–H groups in total. The van der Waals surface area contributed by atoms with Gasteiger partial charge in [0.05, 0.1) is 26.7 Å². The first kappa shape index (κ1) is 19.1. The minimum Gasteiger partial charge on any atom is -0.516 e. The van der Waals surface area contributed by atoms with Crippen molar-refractivity contribution >= 4 is 49.1 Å². The van der Waals surface area contributed by atoms with Gasteiger partial charge in [0.1, 0.15) is 5.75 Å². The Morgan fingerprint density at radius 2 is 1.73 bits per heavy atom. The first-order chi connectivity index (χ1) is 10.1. The first-order valence-electron chi connectivity index (χ1n) is 6.52. The molecule has 0 fully saturated rings. The number of ether oxygens (including phenoxy) is 1. The molecule has 4 nitrogen and oxygen atoms in total. The van der Waals surface area contributed by atoms with E-state index in [2.05, 4.69) is 6.07 Å². The standard InChI is InChI=1S/C14H16Cl3NO3Si/c1-8(7-18)22(3,4)21-14(19)9(2)20-10-5-11(15)13(17)12(16)6-10/h5-6,8-9H,1-4H3. The van der Waals surface area contributed by atoms with Crippen molar-refractivity contribution in [2.75, 3.05) is 0 Å². The SMILES string of the molecule is CC(Oc1cc(Cl)c(Cl)c(Cl)c1)C(=O)O[Si](C)(C)C(C)C#N. The normalized spacial score (nSPS) is 13.9. The van der Waals surface area contributed by atoms with Gasteiger partial charge in [0.2, 0.25) is 0 Å². The van der Waals surface area contributed by atoms with E-state index in [1.165, 1.54) is 12.1 Å². The van der Waals surface area contributed by atoms with Crippen LogP contribution in [0.25, 0.3) is 0 Å². The van der Waals surface area contributed by atoms with Crippen molar-refractivity contribution in [1.29, 1.82) is 5.26 Å². The van der Waals surface area contributed by atoms with Gasteiger partial charge in [-0.2, -0.15) is 5.26 Å². The third-order valence-corrected chi connectivity index (χ3v) is 7.34. The number of hydrogen-bond donors (Lipinski definition) is 0. The molecule has 0 spiro atoms. The zero-order valence-corrected chi connectivity index (χ0v) is 15.9. The minimum absolute atomic E-state index is 0.224. The Morgan fingerprint density at radius 3 is 2.18 bits per heavy atom. The number of carbonyl (C=O) groups excluding carboxylic acids is 1. The fourth-order valence-corrected chi connectivity index (χ4v) is 3.19. The van der Waals surface area contributed by atoms with Crippen molar-refractivity contribution in [3.63, 3.8) is 0 Å². The molecule has 0 radical (unpaired) electrons. The summed E-state index contributed by atoms with van der Waals surface area (Å²) in [7, 11) is -2.44. The zero-order chi connectivity index (χ0) is 17.1. The van der Waals surface area contributed by atoms with E-state index in [-0.39, 0.29) is 20.6 Å². The highest BCUT2D eigenvalue weighted by molar-refractivity contribution is 6.74. The van der Waals surface area contributed by atoms with E-state index in [1.807, 2.05) is 13.1 Å². The van der Waals surface area contributed by atoms with E-state index in [0.29, 0.717) is 5.75 Å². The molecule has 8 heteroatoms. The lowest BCUT2D eigenvalue weighted by atomic mass is 10.3. The van der Waals surface area contributed by atoms with Crippen LogP contribution in [0.3, 0.4) is 0 Å². The third kappa shape index (κ3) is 4.78. The van der Waals surface area contributed by atoms with Crippen LogP contribution in [0.4, 0.5) is 0 Å². The summed E-state index contributed by atoms with van der Waals surface area (Å²) >= 11 is 17.7. The maximum atomic E-state index is 12.1. The van der Waals surface area contributed by atoms with Crippen LogP contribution >= 0.6 is 34.8 Å². The summed E-state index contributed by atoms with van der Waals surface area (Å²) in [5.74, 6) is -0.211. The van der Waals surface area contributed by atoms with E-state index < -0.39 is 20.4 Å². The molecule has 0 amide bonds. The van der Waals surface area contributed by atoms with Gasteiger partial charge in [-0.15, -0.1) is 0 Å². The van der Waals surface area contributed by atoms with E-state index in [4.69, 9.17) is 49.2 Å². The van der Waals surface area contributed by atoms with Gasteiger partial charge >= 0.3 is 5.97 Å². The number of benzene rings is 1. The highest BCUT2D eigenvalue weighted by Crippen LogP contribution is 2.34. The number of hydrogen-bond acceptors (Lipinski definition) is 4. The molecule has 2 atom stereocenters. The smallest absolute Gasteiger partial charge is 0.333 e. The van der Waals surface area contributed by atoms with Gasteiger partial charge in [-0.25, -0.2) is 4.79 Å². The summed E-state index contributed by atoms with van der Waals surface area (Å²) in [5, 5.41) is 9.66. The molecule has 1 aromatic carbocycles. The first-order valence-corrected chi connectivity index (χ1v) is 10.6. The quantitative estimate of drug-likeness (QED) is 0.528. The van der Waals surface area contributed by atoms with Crippen molar-refractivity contribution in [3.8, 4) is 11.8 Å². The van der Waals surface area contributed by atoms with Crippen molar-refractivity contribution in [3.05, 3.63) is 27.2 Å². The third-order valence-electron chi connectivity index (χ3n) is 3.20. The second-order valence-corrected chi connectivity index (χ2v) is 10.8. The Labute approximate surface area is 146 Å². The van der Waals surface area contributed by atoms with Crippen LogP contribution in [0.5, 0.6) is 5.75 Å². The molecule has 0 aromatic heterocycles. The van der Waals surface area contributed by atoms with Crippen LogP contribution in [0.15, 0.2) is 12.1 Å². The molecule has 0 bridgehead atoms. The lowest BCUT2D eigenvalue weighted by Crippen LogP contribution is -2.41. The average molecular weight is 381 g/mol. The maximum absolute atomic E-state index is 12.1. The molecule has 0 aliphatic heterocycles. The van der Waals surface area contributed by atoms with Gasteiger partial charge in [0.25, 0.3) is 8.32 Å². The monoisotopic (exact) mass is 379 g/mol. The number of halogens is 3. The summed E-state index contributed by atoms with van der Waals surface area (Å²) in [5.41, 5.74) is -0.317. The largest absolute Gasteiger partial charge is 0.516 e. The van der Waals surface area contributed by atoms with Crippen LogP contribution in [0.1, 0.15) is 13.8 Å². The van der Waals surface area contributed by atoms with Crippen LogP contribution < -0.4 is 4.74 Å². The van der Waals surface area contributed by atoms with E-state index in [0.717, 1.165) is 0 Å². The summed E-state index contributed by atoms with van der Waals surface area (Å²) in [4.78, 5) is 12.1. The average Bonchev–Trinajstić information content (AvgIpc) is 2.43. The molecule has 0 aliphatic carbocycles. The van der Waals surface area contributed by atoms with E-state index in [1.54, 1.807) is 13.8 Å². The molecule has 1 aromatic rings. The van der Waals surface area contributed by atoms with Crippen LogP contribution in [-0.4, -0.2) is 20.4 Å². The Kier molecular flexibility index (Phi) is 6.57. The molecule has 2 unspecified atom stereocenters. The predicted octanol–water partition coefficient (Wildman–Crippen LogP) is 5.08. The van der Waals surface area contributed by atoms with Gasteiger partial charge < -0.3 is 9.16 Å². The Bertz CT molecular complexity index is 593. The second-order valence-electron chi connectivity index (χ2n) is 5.34. The molecule has 0 aliphatic rings. The second kappa shape index (κ2) is 7.56. The maximum Gasteiger partial charge on any atom is 0.333 e. The van der Waals surface area contributed by atoms with Gasteiger partial charge in [-0.05, 0) is 26.9 Å². The van der Waals surface area contributed by atoms with E-state index >= 15 is 0 Å². The summed E-state index contributed by atoms with van der Waals surface area (Å²) in [6.07, 6.45) is -0.856. The fourth-order valence-electron chi connectivity index (χ4n) is 1.44. The Hall–Kier alpha value is -0.933. The fraction of sp³-hybridized carbons (Fsp3) is 0.429. The van der Waals surface area contributed by atoms with Crippen LogP contribution in [-0.2, 0) is 9.22 Å². The summed E-state index contributed by atoms with van der Waals surface area (Å²) in [6.45, 7) is 6.91. The van der Waals surface area contributed by atoms with Crippen LogP contribution in [0.2, 0.25) is 33.7 Å². The number of rotatable bonds is 5. The molecule has 0 saturated carbocycles. The van der Waals surface area contributed by atoms with E-state index in [9.17, 15) is 4.79 Å². The Balaban J connectivity index is 2.79. The van der Waals surface area contributed by atoms with Crippen molar-refractivity contribution in [1.82, 2.24) is 0 Å². The predicted molar refractivity (Wildman–Crippen MR) is 90.2 cm³/mol. The van der Waals surface area contributed by atoms with Crippen molar-refractivity contribution in [2.45, 2.75) is 38.6 Å². The minimum atomic E-state index is -2.44. The molecular formula is C14H16Cl3NO3Si. The molecule has 0 saturated heterocycles. The molecule has 120 valence electrons. The van der Waals surface area contributed by atoms with Gasteiger partial charge in [0, 0.05) is 12.1 Å². The summed E-state index contributed by atoms with van der Waals surface area (Å²) < 4.78 is 11.0. The number of carbonyl (C=O) groups is 1. The highest BCUT2D eigenvalue weighted by atomic mass is 35.5.